The van der Waals surface area contributed by atoms with Crippen LogP contribution in [0.4, 0.5) is 5.69 Å². The molecule has 1 unspecified atom stereocenters. The van der Waals surface area contributed by atoms with E-state index in [1.165, 1.54) is 22.8 Å². The Balaban J connectivity index is 3.09. The summed E-state index contributed by atoms with van der Waals surface area (Å²) in [4.78, 5) is 3.95. The van der Waals surface area contributed by atoms with Gasteiger partial charge in [-0.05, 0) is 25.3 Å². The zero-order chi connectivity index (χ0) is 14.6. The van der Waals surface area contributed by atoms with Crippen LogP contribution >= 0.6 is 0 Å². The van der Waals surface area contributed by atoms with Gasteiger partial charge in [-0.15, -0.1) is 0 Å². The van der Waals surface area contributed by atoms with Crippen LogP contribution < -0.4 is 11.3 Å². The second-order valence-electron chi connectivity index (χ2n) is 5.02. The molecule has 0 aliphatic rings. The molecule has 0 fully saturated rings. The van der Waals surface area contributed by atoms with Crippen LogP contribution in [-0.2, 0) is 10.0 Å². The second kappa shape index (κ2) is 6.31. The van der Waals surface area contributed by atoms with Crippen molar-refractivity contribution in [3.8, 4) is 0 Å². The molecule has 0 aliphatic heterocycles. The van der Waals surface area contributed by atoms with E-state index >= 15 is 0 Å². The number of rotatable bonds is 6. The molecule has 3 N–H and O–H groups in total. The van der Waals surface area contributed by atoms with E-state index in [4.69, 9.17) is 5.84 Å². The van der Waals surface area contributed by atoms with Gasteiger partial charge >= 0.3 is 0 Å². The zero-order valence-corrected chi connectivity index (χ0v) is 12.6. The highest BCUT2D eigenvalue weighted by Gasteiger charge is 2.28. The van der Waals surface area contributed by atoms with Crippen molar-refractivity contribution in [2.75, 3.05) is 12.5 Å². The number of nitrogens with one attached hydrogen (secondary N) is 1. The molecule has 1 heterocycles. The van der Waals surface area contributed by atoms with Gasteiger partial charge < -0.3 is 5.43 Å². The molecule has 0 radical (unpaired) electrons. The normalized spacial score (nSPS) is 13.8. The molecular formula is C12H22N4O2S. The summed E-state index contributed by atoms with van der Waals surface area (Å²) in [5.74, 6) is 5.77. The van der Waals surface area contributed by atoms with Crippen molar-refractivity contribution >= 4 is 15.7 Å². The first-order chi connectivity index (χ1) is 8.80. The van der Waals surface area contributed by atoms with Gasteiger partial charge in [-0.25, -0.2) is 8.42 Å². The number of nitrogens with zero attached hydrogens (tertiary/aromatic N) is 2. The number of nitrogen functional groups attached to an aromatic ring is 1. The number of sulfonamides is 1. The van der Waals surface area contributed by atoms with E-state index in [2.05, 4.69) is 24.3 Å². The maximum atomic E-state index is 12.5. The minimum atomic E-state index is -3.60. The maximum absolute atomic E-state index is 12.5. The molecule has 0 aliphatic carbocycles. The highest BCUT2D eigenvalue weighted by Crippen LogP contribution is 2.24. The minimum absolute atomic E-state index is 0.0872. The maximum Gasteiger partial charge on any atom is 0.246 e. The van der Waals surface area contributed by atoms with Crippen LogP contribution in [0.2, 0.25) is 0 Å². The first-order valence-electron chi connectivity index (χ1n) is 6.19. The van der Waals surface area contributed by atoms with Crippen LogP contribution in [-0.4, -0.2) is 30.8 Å². The Bertz CT molecular complexity index is 516. The van der Waals surface area contributed by atoms with Gasteiger partial charge in [-0.3, -0.25) is 10.8 Å². The molecule has 7 heteroatoms. The van der Waals surface area contributed by atoms with Crippen LogP contribution in [0, 0.1) is 5.92 Å². The van der Waals surface area contributed by atoms with Gasteiger partial charge in [0.05, 0.1) is 5.69 Å². The fourth-order valence-corrected chi connectivity index (χ4v) is 3.40. The van der Waals surface area contributed by atoms with E-state index in [0.29, 0.717) is 11.6 Å². The van der Waals surface area contributed by atoms with Gasteiger partial charge in [0, 0.05) is 25.5 Å². The van der Waals surface area contributed by atoms with Gasteiger partial charge in [-0.2, -0.15) is 4.31 Å². The first-order valence-corrected chi connectivity index (χ1v) is 7.63. The summed E-state index contributed by atoms with van der Waals surface area (Å²) in [5.41, 5.74) is 2.74. The molecule has 0 saturated carbocycles. The van der Waals surface area contributed by atoms with Gasteiger partial charge in [0.25, 0.3) is 0 Å². The Kier molecular flexibility index (Phi) is 5.28. The van der Waals surface area contributed by atoms with E-state index < -0.39 is 10.0 Å². The van der Waals surface area contributed by atoms with Gasteiger partial charge in [0.1, 0.15) is 4.90 Å². The third-order valence-electron chi connectivity index (χ3n) is 3.03. The zero-order valence-electron chi connectivity index (χ0n) is 11.8. The van der Waals surface area contributed by atoms with E-state index in [0.717, 1.165) is 6.42 Å². The molecular weight excluding hydrogens is 264 g/mol. The van der Waals surface area contributed by atoms with Crippen LogP contribution in [0.3, 0.4) is 0 Å². The molecule has 1 atom stereocenters. The van der Waals surface area contributed by atoms with Crippen molar-refractivity contribution in [2.45, 2.75) is 38.1 Å². The SMILES string of the molecule is CC(C)CC(C)N(C)S(=O)(=O)c1cnccc1NN. The number of anilines is 1. The smallest absolute Gasteiger partial charge is 0.246 e. The monoisotopic (exact) mass is 286 g/mol. The van der Waals surface area contributed by atoms with Crippen LogP contribution in [0.25, 0.3) is 0 Å². The molecule has 19 heavy (non-hydrogen) atoms. The van der Waals surface area contributed by atoms with Gasteiger partial charge in [-0.1, -0.05) is 13.8 Å². The first kappa shape index (κ1) is 15.9. The van der Waals surface area contributed by atoms with E-state index in [1.807, 2.05) is 6.92 Å². The highest BCUT2D eigenvalue weighted by molar-refractivity contribution is 7.89. The molecule has 1 aromatic heterocycles. The molecule has 6 nitrogen and oxygen atoms in total. The fourth-order valence-electron chi connectivity index (χ4n) is 1.93. The predicted molar refractivity (Wildman–Crippen MR) is 75.9 cm³/mol. The third kappa shape index (κ3) is 3.65. The average Bonchev–Trinajstić information content (AvgIpc) is 2.36. The van der Waals surface area contributed by atoms with E-state index in [-0.39, 0.29) is 10.9 Å². The summed E-state index contributed by atoms with van der Waals surface area (Å²) in [5, 5.41) is 0. The Morgan fingerprint density at radius 1 is 1.42 bits per heavy atom. The topological polar surface area (TPSA) is 88.3 Å². The Labute approximate surface area is 115 Å². The summed E-state index contributed by atoms with van der Waals surface area (Å²) in [7, 11) is -2.02. The van der Waals surface area contributed by atoms with Crippen molar-refractivity contribution in [3.63, 3.8) is 0 Å². The molecule has 0 aromatic carbocycles. The summed E-state index contributed by atoms with van der Waals surface area (Å²) in [6.45, 7) is 6.02. The summed E-state index contributed by atoms with van der Waals surface area (Å²) < 4.78 is 26.4. The molecule has 0 amide bonds. The lowest BCUT2D eigenvalue weighted by Crippen LogP contribution is -2.36. The number of aromatic nitrogens is 1. The van der Waals surface area contributed by atoms with Gasteiger partial charge in [0.15, 0.2) is 0 Å². The highest BCUT2D eigenvalue weighted by atomic mass is 32.2. The van der Waals surface area contributed by atoms with E-state index in [1.54, 1.807) is 7.05 Å². The van der Waals surface area contributed by atoms with Crippen molar-refractivity contribution in [1.29, 1.82) is 0 Å². The number of pyridine rings is 1. The third-order valence-corrected chi connectivity index (χ3v) is 5.03. The van der Waals surface area contributed by atoms with Crippen molar-refractivity contribution in [1.82, 2.24) is 9.29 Å². The van der Waals surface area contributed by atoms with Gasteiger partial charge in [0.2, 0.25) is 10.0 Å². The largest absolute Gasteiger partial charge is 0.323 e. The average molecular weight is 286 g/mol. The molecule has 108 valence electrons. The van der Waals surface area contributed by atoms with Crippen LogP contribution in [0.15, 0.2) is 23.4 Å². The van der Waals surface area contributed by atoms with Crippen molar-refractivity contribution < 1.29 is 8.42 Å². The summed E-state index contributed by atoms with van der Waals surface area (Å²) in [6, 6.07) is 1.45. The lowest BCUT2D eigenvalue weighted by Gasteiger charge is -2.26. The second-order valence-corrected chi connectivity index (χ2v) is 6.98. The number of hydrogen-bond donors (Lipinski definition) is 2. The molecule has 0 bridgehead atoms. The number of hydrogen-bond acceptors (Lipinski definition) is 5. The summed E-state index contributed by atoms with van der Waals surface area (Å²) in [6.07, 6.45) is 3.59. The van der Waals surface area contributed by atoms with Crippen molar-refractivity contribution in [2.24, 2.45) is 11.8 Å². The Morgan fingerprint density at radius 2 is 2.05 bits per heavy atom. The van der Waals surface area contributed by atoms with E-state index in [9.17, 15) is 8.42 Å². The lowest BCUT2D eigenvalue weighted by molar-refractivity contribution is 0.338. The number of nitrogens with two attached hydrogens (primary N) is 1. The Morgan fingerprint density at radius 3 is 2.58 bits per heavy atom. The molecule has 1 rings (SSSR count). The molecule has 0 spiro atoms. The predicted octanol–water partition coefficient (Wildman–Crippen LogP) is 1.42. The van der Waals surface area contributed by atoms with Crippen LogP contribution in [0.1, 0.15) is 27.2 Å². The Hall–Kier alpha value is -1.18. The standard InChI is InChI=1S/C12H22N4O2S/c1-9(2)7-10(3)16(4)19(17,18)12-8-14-6-5-11(12)15-13/h5-6,8-10H,7,13H2,1-4H3,(H,14,15). The summed E-state index contributed by atoms with van der Waals surface area (Å²) >= 11 is 0. The minimum Gasteiger partial charge on any atom is -0.323 e. The van der Waals surface area contributed by atoms with Crippen LogP contribution in [0.5, 0.6) is 0 Å². The molecule has 0 saturated heterocycles. The lowest BCUT2D eigenvalue weighted by atomic mass is 10.1. The number of hydrazine groups is 1. The molecule has 1 aromatic rings. The quantitative estimate of drug-likeness (QED) is 0.610. The fraction of sp³-hybridized carbons (Fsp3) is 0.583. The van der Waals surface area contributed by atoms with Crippen molar-refractivity contribution in [3.05, 3.63) is 18.5 Å².